The number of Topliss-reactive ketones (excluding diaryl/α,β-unsaturated/α-hetero) is 1. The van der Waals surface area contributed by atoms with E-state index in [1.807, 2.05) is 0 Å². The second kappa shape index (κ2) is 6.63. The Labute approximate surface area is 169 Å². The zero-order valence-corrected chi connectivity index (χ0v) is 16.9. The van der Waals surface area contributed by atoms with Gasteiger partial charge < -0.3 is 9.64 Å². The Hall–Kier alpha value is -1.79. The molecule has 1 saturated heterocycles. The van der Waals surface area contributed by atoms with E-state index in [1.54, 1.807) is 13.1 Å². The molecule has 0 aromatic carbocycles. The molecule has 4 rings (SSSR count). The van der Waals surface area contributed by atoms with Gasteiger partial charge in [-0.15, -0.1) is 16.4 Å². The summed E-state index contributed by atoms with van der Waals surface area (Å²) in [6.07, 6.45) is -3.30. The van der Waals surface area contributed by atoms with Gasteiger partial charge in [0, 0.05) is 30.5 Å². The first-order valence-electron chi connectivity index (χ1n) is 8.32. The maximum atomic E-state index is 13.1. The van der Waals surface area contributed by atoms with Crippen LogP contribution in [0.25, 0.3) is 0 Å². The lowest BCUT2D eigenvalue weighted by atomic mass is 9.80. The molecule has 0 bridgehead atoms. The first-order valence-corrected chi connectivity index (χ1v) is 9.93. The standard InChI is InChI=1S/C16H14BrF3N4O3S/c1-23-6-9(21-22-23)10-5-15(2-3-24(10)14(26)16(18,19)20)13-8(4-12(17)28-13)11(25)7-27-15/h4,6,10H,2-3,5,7H2,1H3. The predicted molar refractivity (Wildman–Crippen MR) is 94.7 cm³/mol. The predicted octanol–water partition coefficient (Wildman–Crippen LogP) is 2.97. The molecule has 28 heavy (non-hydrogen) atoms. The Morgan fingerprint density at radius 3 is 2.86 bits per heavy atom. The fraction of sp³-hybridized carbons (Fsp3) is 0.500. The van der Waals surface area contributed by atoms with Crippen molar-refractivity contribution in [1.29, 1.82) is 0 Å². The van der Waals surface area contributed by atoms with Crippen LogP contribution in [0.1, 0.15) is 39.8 Å². The van der Waals surface area contributed by atoms with Crippen molar-refractivity contribution in [3.63, 3.8) is 0 Å². The fourth-order valence-corrected chi connectivity index (χ4v) is 5.56. The summed E-state index contributed by atoms with van der Waals surface area (Å²) in [5.74, 6) is -2.09. The van der Waals surface area contributed by atoms with Gasteiger partial charge in [-0.2, -0.15) is 13.2 Å². The van der Waals surface area contributed by atoms with Gasteiger partial charge in [-0.05, 0) is 28.4 Å². The molecule has 7 nitrogen and oxygen atoms in total. The highest BCUT2D eigenvalue weighted by molar-refractivity contribution is 9.11. The van der Waals surface area contributed by atoms with E-state index in [4.69, 9.17) is 4.74 Å². The third kappa shape index (κ3) is 3.16. The summed E-state index contributed by atoms with van der Waals surface area (Å²) in [6, 6.07) is 0.732. The van der Waals surface area contributed by atoms with Gasteiger partial charge in [0.05, 0.1) is 16.0 Å². The molecule has 0 radical (unpaired) electrons. The lowest BCUT2D eigenvalue weighted by Crippen LogP contribution is -2.53. The molecule has 2 atom stereocenters. The second-order valence-corrected chi connectivity index (χ2v) is 9.21. The van der Waals surface area contributed by atoms with E-state index >= 15 is 0 Å². The molecule has 2 aromatic heterocycles. The first-order chi connectivity index (χ1) is 13.1. The van der Waals surface area contributed by atoms with Crippen LogP contribution >= 0.6 is 27.3 Å². The number of thiophene rings is 1. The van der Waals surface area contributed by atoms with E-state index in [0.29, 0.717) is 10.4 Å². The Morgan fingerprint density at radius 2 is 2.21 bits per heavy atom. The summed E-state index contributed by atoms with van der Waals surface area (Å²) in [5, 5.41) is 7.72. The number of fused-ring (bicyclic) bond motifs is 2. The number of carbonyl (C=O) groups is 2. The summed E-state index contributed by atoms with van der Waals surface area (Å²) in [4.78, 5) is 25.7. The number of piperidine rings is 1. The van der Waals surface area contributed by atoms with E-state index in [1.165, 1.54) is 22.2 Å². The van der Waals surface area contributed by atoms with Crippen molar-refractivity contribution in [3.8, 4) is 0 Å². The van der Waals surface area contributed by atoms with Gasteiger partial charge in [-0.1, -0.05) is 5.21 Å². The largest absolute Gasteiger partial charge is 0.471 e. The number of halogens is 4. The Kier molecular flexibility index (Phi) is 4.62. The smallest absolute Gasteiger partial charge is 0.361 e. The molecular formula is C16H14BrF3N4O3S. The molecule has 1 fully saturated rings. The molecule has 12 heteroatoms. The van der Waals surface area contributed by atoms with E-state index < -0.39 is 23.7 Å². The average Bonchev–Trinajstić information content (AvgIpc) is 3.24. The fourth-order valence-electron chi connectivity index (χ4n) is 3.76. The number of hydrogen-bond acceptors (Lipinski definition) is 6. The Morgan fingerprint density at radius 1 is 1.46 bits per heavy atom. The maximum absolute atomic E-state index is 13.1. The zero-order chi connectivity index (χ0) is 20.3. The molecule has 2 aromatic rings. The number of likely N-dealkylation sites (tertiary alicyclic amines) is 1. The van der Waals surface area contributed by atoms with Gasteiger partial charge >= 0.3 is 12.1 Å². The number of aromatic nitrogens is 3. The number of nitrogens with zero attached hydrogens (tertiary/aromatic N) is 4. The Balaban J connectivity index is 1.76. The Bertz CT molecular complexity index is 959. The molecule has 2 unspecified atom stereocenters. The van der Waals surface area contributed by atoms with Gasteiger partial charge in [0.15, 0.2) is 5.78 Å². The molecule has 4 heterocycles. The van der Waals surface area contributed by atoms with Crippen molar-refractivity contribution in [2.75, 3.05) is 13.2 Å². The molecule has 1 spiro atoms. The van der Waals surface area contributed by atoms with Crippen LogP contribution in [-0.4, -0.2) is 50.9 Å². The van der Waals surface area contributed by atoms with Gasteiger partial charge in [0.1, 0.15) is 17.9 Å². The summed E-state index contributed by atoms with van der Waals surface area (Å²) in [5.41, 5.74) is -0.196. The first kappa shape index (κ1) is 19.5. The molecule has 0 N–H and O–H groups in total. The van der Waals surface area contributed by atoms with Gasteiger partial charge in [0.25, 0.3) is 0 Å². The molecule has 2 aliphatic heterocycles. The van der Waals surface area contributed by atoms with Crippen LogP contribution in [0.15, 0.2) is 16.0 Å². The minimum absolute atomic E-state index is 0.0563. The van der Waals surface area contributed by atoms with Crippen LogP contribution in [0.2, 0.25) is 0 Å². The van der Waals surface area contributed by atoms with Crippen LogP contribution in [-0.2, 0) is 22.2 Å². The lowest BCUT2D eigenvalue weighted by Gasteiger charge is -2.47. The quantitative estimate of drug-likeness (QED) is 0.629. The highest BCUT2D eigenvalue weighted by Crippen LogP contribution is 2.51. The summed E-state index contributed by atoms with van der Waals surface area (Å²) in [6.45, 7) is -0.334. The van der Waals surface area contributed by atoms with Crippen LogP contribution in [0.4, 0.5) is 13.2 Å². The van der Waals surface area contributed by atoms with Crippen molar-refractivity contribution in [1.82, 2.24) is 19.9 Å². The van der Waals surface area contributed by atoms with E-state index in [9.17, 15) is 22.8 Å². The zero-order valence-electron chi connectivity index (χ0n) is 14.5. The minimum atomic E-state index is -4.99. The van der Waals surface area contributed by atoms with E-state index in [-0.39, 0.29) is 37.5 Å². The van der Waals surface area contributed by atoms with Crippen molar-refractivity contribution in [2.24, 2.45) is 7.05 Å². The number of amides is 1. The molecule has 0 saturated carbocycles. The number of alkyl halides is 3. The number of ketones is 1. The summed E-state index contributed by atoms with van der Waals surface area (Å²) < 4.78 is 47.4. The van der Waals surface area contributed by atoms with Crippen molar-refractivity contribution in [2.45, 2.75) is 30.7 Å². The van der Waals surface area contributed by atoms with Crippen LogP contribution in [0.3, 0.4) is 0 Å². The van der Waals surface area contributed by atoms with Gasteiger partial charge in [-0.25, -0.2) is 0 Å². The van der Waals surface area contributed by atoms with E-state index in [0.717, 1.165) is 8.69 Å². The molecule has 0 aliphatic carbocycles. The van der Waals surface area contributed by atoms with Crippen molar-refractivity contribution < 1.29 is 27.5 Å². The highest BCUT2D eigenvalue weighted by Gasteiger charge is 2.53. The van der Waals surface area contributed by atoms with Crippen molar-refractivity contribution >= 4 is 39.0 Å². The number of rotatable bonds is 1. The second-order valence-electron chi connectivity index (χ2n) is 6.78. The van der Waals surface area contributed by atoms with Gasteiger partial charge in [-0.3, -0.25) is 14.3 Å². The number of aryl methyl sites for hydroxylation is 1. The normalized spacial score (nSPS) is 25.2. The monoisotopic (exact) mass is 478 g/mol. The van der Waals surface area contributed by atoms with Crippen LogP contribution < -0.4 is 0 Å². The van der Waals surface area contributed by atoms with Crippen molar-refractivity contribution in [3.05, 3.63) is 32.2 Å². The highest BCUT2D eigenvalue weighted by atomic mass is 79.9. The summed E-state index contributed by atoms with van der Waals surface area (Å²) in [7, 11) is 1.59. The third-order valence-electron chi connectivity index (χ3n) is 5.02. The van der Waals surface area contributed by atoms with Crippen LogP contribution in [0, 0.1) is 0 Å². The number of carbonyl (C=O) groups excluding carboxylic acids is 2. The number of hydrogen-bond donors (Lipinski definition) is 0. The van der Waals surface area contributed by atoms with E-state index in [2.05, 4.69) is 26.2 Å². The van der Waals surface area contributed by atoms with Crippen LogP contribution in [0.5, 0.6) is 0 Å². The SMILES string of the molecule is Cn1cc(C2CC3(CCN2C(=O)C(F)(F)F)OCC(=O)c2cc(Br)sc23)nn1. The maximum Gasteiger partial charge on any atom is 0.471 e. The topological polar surface area (TPSA) is 77.3 Å². The average molecular weight is 479 g/mol. The minimum Gasteiger partial charge on any atom is -0.361 e. The third-order valence-corrected chi connectivity index (χ3v) is 6.84. The summed E-state index contributed by atoms with van der Waals surface area (Å²) >= 11 is 4.69. The van der Waals surface area contributed by atoms with Gasteiger partial charge in [0.2, 0.25) is 0 Å². The molecule has 2 aliphatic rings. The number of ether oxygens (including phenoxy) is 1. The molecular weight excluding hydrogens is 465 g/mol. The lowest BCUT2D eigenvalue weighted by molar-refractivity contribution is -0.195. The molecule has 150 valence electrons. The molecule has 1 amide bonds.